The van der Waals surface area contributed by atoms with E-state index in [1.165, 1.54) is 12.9 Å². The molecular formula is C20H32ClCs2O7-. The van der Waals surface area contributed by atoms with Crippen molar-refractivity contribution < 1.29 is 171 Å². The molecule has 30 heavy (non-hydrogen) atoms. The Hall–Kier alpha value is 2.47. The van der Waals surface area contributed by atoms with E-state index in [4.69, 9.17) is 16.3 Å². The topological polar surface area (TPSA) is 96.0 Å². The minimum absolute atomic E-state index is 0. The molecule has 0 saturated carbocycles. The van der Waals surface area contributed by atoms with Crippen LogP contribution >= 0.6 is 11.6 Å². The van der Waals surface area contributed by atoms with Gasteiger partial charge in [-0.15, -0.1) is 0 Å². The van der Waals surface area contributed by atoms with Gasteiger partial charge in [0.2, 0.25) is 5.24 Å². The first-order valence-electron chi connectivity index (χ1n) is 9.27. The van der Waals surface area contributed by atoms with Gasteiger partial charge in [-0.2, -0.15) is 0 Å². The number of carbonyl (C=O) groups is 2. The van der Waals surface area contributed by atoms with E-state index in [0.29, 0.717) is 0 Å². The van der Waals surface area contributed by atoms with Crippen LogP contribution in [0.2, 0.25) is 0 Å². The average molecular weight is 686 g/mol. The summed E-state index contributed by atoms with van der Waals surface area (Å²) in [7, 11) is 0. The first-order valence-corrected chi connectivity index (χ1v) is 9.65. The molecule has 0 spiro atoms. The summed E-state index contributed by atoms with van der Waals surface area (Å²) in [5.74, 6) is -0.355. The molecular weight excluding hydrogens is 653 g/mol. The predicted molar refractivity (Wildman–Crippen MR) is 106 cm³/mol. The summed E-state index contributed by atoms with van der Waals surface area (Å²) in [5.41, 5.74) is 0. The van der Waals surface area contributed by atoms with E-state index in [1.807, 2.05) is 13.8 Å². The molecule has 0 aliphatic carbocycles. The van der Waals surface area contributed by atoms with Gasteiger partial charge in [-0.3, -0.25) is 9.59 Å². The fourth-order valence-electron chi connectivity index (χ4n) is 2.58. The van der Waals surface area contributed by atoms with Crippen molar-refractivity contribution in [1.82, 2.24) is 0 Å². The summed E-state index contributed by atoms with van der Waals surface area (Å²) < 4.78 is 14.0. The molecule has 0 heterocycles. The zero-order valence-corrected chi connectivity index (χ0v) is 32.4. The molecule has 0 saturated heterocycles. The Morgan fingerprint density at radius 3 is 1.80 bits per heavy atom. The molecule has 0 aromatic heterocycles. The van der Waals surface area contributed by atoms with Gasteiger partial charge in [-0.05, 0) is 23.9 Å². The summed E-state index contributed by atoms with van der Waals surface area (Å²) in [6.45, 7) is 5.82. The van der Waals surface area contributed by atoms with Crippen molar-refractivity contribution in [2.24, 2.45) is 11.8 Å². The van der Waals surface area contributed by atoms with E-state index < -0.39 is 12.1 Å². The minimum atomic E-state index is -0.852. The van der Waals surface area contributed by atoms with Crippen LogP contribution in [0.1, 0.15) is 65.2 Å². The van der Waals surface area contributed by atoms with Crippen molar-refractivity contribution >= 4 is 35.8 Å². The van der Waals surface area contributed by atoms with Gasteiger partial charge in [0.1, 0.15) is 0 Å². The molecule has 0 aromatic carbocycles. The zero-order chi connectivity index (χ0) is 20.5. The molecule has 2 unspecified atom stereocenters. The molecule has 0 radical (unpaired) electrons. The number of unbranched alkanes of at least 4 members (excludes halogenated alkanes) is 4. The van der Waals surface area contributed by atoms with Crippen LogP contribution in [0.5, 0.6) is 0 Å². The van der Waals surface area contributed by atoms with Gasteiger partial charge in [-0.1, -0.05) is 65.3 Å². The molecule has 0 rings (SSSR count). The first-order chi connectivity index (χ1) is 12.9. The summed E-state index contributed by atoms with van der Waals surface area (Å²) in [6.07, 6.45) is 6.32. The molecule has 0 aliphatic rings. The number of hydrogen-bond acceptors (Lipinski definition) is 7. The molecule has 0 aliphatic heterocycles. The Kier molecular flexibility index (Phi) is 36.7. The molecule has 10 heteroatoms. The molecule has 164 valence electrons. The van der Waals surface area contributed by atoms with Crippen LogP contribution < -0.4 is 138 Å². The van der Waals surface area contributed by atoms with Crippen LogP contribution in [0.25, 0.3) is 0 Å². The maximum atomic E-state index is 11.9. The van der Waals surface area contributed by atoms with Crippen LogP contribution in [-0.4, -0.2) is 43.5 Å². The maximum absolute atomic E-state index is 11.9. The number of rotatable bonds is 18. The second kappa shape index (κ2) is 27.7. The smallest absolute Gasteiger partial charge is 0.650 e. The predicted octanol–water partition coefficient (Wildman–Crippen LogP) is -2.32. The van der Waals surface area contributed by atoms with E-state index in [-0.39, 0.29) is 182 Å². The number of carbonyl (C=O) groups excluding carboxylic acids is 4. The van der Waals surface area contributed by atoms with E-state index in [0.717, 1.165) is 44.9 Å². The van der Waals surface area contributed by atoms with Gasteiger partial charge in [-0.25, -0.2) is 0 Å². The van der Waals surface area contributed by atoms with Crippen molar-refractivity contribution in [2.75, 3.05) is 13.2 Å². The van der Waals surface area contributed by atoms with Crippen LogP contribution in [0.15, 0.2) is 0 Å². The van der Waals surface area contributed by atoms with Gasteiger partial charge in [0.25, 0.3) is 0 Å². The van der Waals surface area contributed by atoms with Crippen LogP contribution in [0.3, 0.4) is 0 Å². The van der Waals surface area contributed by atoms with Gasteiger partial charge < -0.3 is 31.2 Å². The third kappa shape index (κ3) is 25.1. The SMILES string of the molecule is CC(CCCCCCCC(C)C(=O)Cl)CC(=O)OC(CO[C-]=O)CO[C-]=O.[CH3-].[Cs+].[Cs+]. The largest absolute Gasteiger partial charge is 1.00 e. The zero-order valence-electron chi connectivity index (χ0n) is 19.0. The fraction of sp³-hybridized carbons (Fsp3) is 0.750. The standard InChI is InChI=1S/C19H29ClO7.CH3.2Cs/c1-15(8-6-4-3-5-7-9-16(2)19(20)24)10-18(23)27-17(11-25-13-21)12-26-14-22;;;/h15-17H,3-12H2,1-2H3;1H3;;/q-2;-1;2*+1. The third-order valence-electron chi connectivity index (χ3n) is 4.19. The van der Waals surface area contributed by atoms with E-state index in [2.05, 4.69) is 9.47 Å². The number of ether oxygens (including phenoxy) is 3. The quantitative estimate of drug-likeness (QED) is 0.0526. The van der Waals surface area contributed by atoms with Gasteiger partial charge in [0.05, 0.1) is 13.2 Å². The maximum Gasteiger partial charge on any atom is 1.00 e. The fourth-order valence-corrected chi connectivity index (χ4v) is 2.69. The molecule has 0 aromatic rings. The molecule has 2 atom stereocenters. The van der Waals surface area contributed by atoms with E-state index in [1.54, 1.807) is 0 Å². The normalized spacial score (nSPS) is 11.6. The molecule has 0 fully saturated rings. The molecule has 7 nitrogen and oxygen atoms in total. The summed E-state index contributed by atoms with van der Waals surface area (Å²) in [5, 5.41) is -0.273. The summed E-state index contributed by atoms with van der Waals surface area (Å²) in [4.78, 5) is 43.0. The van der Waals surface area contributed by atoms with Gasteiger partial charge in [0, 0.05) is 12.3 Å². The van der Waals surface area contributed by atoms with Crippen LogP contribution in [-0.2, 0) is 33.4 Å². The van der Waals surface area contributed by atoms with E-state index >= 15 is 0 Å². The summed E-state index contributed by atoms with van der Waals surface area (Å²) >= 11 is 5.42. The van der Waals surface area contributed by atoms with Gasteiger partial charge in [0.15, 0.2) is 6.10 Å². The number of esters is 1. The third-order valence-corrected chi connectivity index (χ3v) is 4.56. The van der Waals surface area contributed by atoms with Crippen molar-refractivity contribution in [1.29, 1.82) is 0 Å². The Balaban J connectivity index is -0.00000113. The van der Waals surface area contributed by atoms with Crippen molar-refractivity contribution in [3.8, 4) is 0 Å². The molecule has 0 bridgehead atoms. The second-order valence-electron chi connectivity index (χ2n) is 6.76. The Morgan fingerprint density at radius 1 is 0.867 bits per heavy atom. The van der Waals surface area contributed by atoms with Crippen molar-refractivity contribution in [3.63, 3.8) is 0 Å². The van der Waals surface area contributed by atoms with Crippen molar-refractivity contribution in [2.45, 2.75) is 71.3 Å². The molecule has 0 N–H and O–H groups in total. The van der Waals surface area contributed by atoms with Gasteiger partial charge >= 0.3 is 144 Å². The first kappa shape index (κ1) is 39.7. The number of hydrogen-bond donors (Lipinski definition) is 0. The Labute approximate surface area is 304 Å². The average Bonchev–Trinajstić information content (AvgIpc) is 2.62. The summed E-state index contributed by atoms with van der Waals surface area (Å²) in [6, 6.07) is 0. The molecule has 0 amide bonds. The minimum Gasteiger partial charge on any atom is -0.650 e. The Morgan fingerprint density at radius 2 is 1.33 bits per heavy atom. The van der Waals surface area contributed by atoms with Crippen LogP contribution in [0.4, 0.5) is 0 Å². The number of halogens is 1. The van der Waals surface area contributed by atoms with Crippen molar-refractivity contribution in [3.05, 3.63) is 7.43 Å². The van der Waals surface area contributed by atoms with Crippen LogP contribution in [0, 0.1) is 19.3 Å². The second-order valence-corrected chi connectivity index (χ2v) is 7.13. The monoisotopic (exact) mass is 685 g/mol. The Bertz CT molecular complexity index is 441. The van der Waals surface area contributed by atoms with E-state index in [9.17, 15) is 19.2 Å².